The first-order valence-corrected chi connectivity index (χ1v) is 8.16. The van der Waals surface area contributed by atoms with Crippen molar-refractivity contribution in [3.63, 3.8) is 0 Å². The van der Waals surface area contributed by atoms with Gasteiger partial charge in [0.05, 0.1) is 5.69 Å². The average Bonchev–Trinajstić information content (AvgIpc) is 2.46. The normalized spacial score (nSPS) is 35.0. The molecule has 4 aliphatic rings. The minimum absolute atomic E-state index is 0.00969. The Bertz CT molecular complexity index is 626. The highest BCUT2D eigenvalue weighted by atomic mass is 16.1. The molecule has 0 unspecified atom stereocenters. The molecule has 4 heteroatoms. The van der Waals surface area contributed by atoms with Gasteiger partial charge in [0, 0.05) is 11.1 Å². The molecule has 4 fully saturated rings. The molecule has 4 saturated carbocycles. The van der Waals surface area contributed by atoms with E-state index in [4.69, 9.17) is 0 Å². The number of hydrogen-bond donors (Lipinski definition) is 1. The van der Waals surface area contributed by atoms with Crippen LogP contribution >= 0.6 is 0 Å². The molecule has 4 bridgehead atoms. The summed E-state index contributed by atoms with van der Waals surface area (Å²) >= 11 is 0. The summed E-state index contributed by atoms with van der Waals surface area (Å²) in [6, 6.07) is 6.89. The second-order valence-corrected chi connectivity index (χ2v) is 7.41. The average molecular weight is 296 g/mol. The van der Waals surface area contributed by atoms with Crippen molar-refractivity contribution in [2.45, 2.75) is 44.1 Å². The number of hydrogen-bond acceptors (Lipinski definition) is 3. The van der Waals surface area contributed by atoms with Gasteiger partial charge in [-0.15, -0.1) is 0 Å². The molecule has 1 N–H and O–H groups in total. The summed E-state index contributed by atoms with van der Waals surface area (Å²) in [4.78, 5) is 26.6. The van der Waals surface area contributed by atoms with Crippen LogP contribution in [0.4, 0.5) is 5.69 Å². The van der Waals surface area contributed by atoms with Crippen LogP contribution in [0.3, 0.4) is 0 Å². The SMILES string of the molecule is O=C=Nc1cccc(C(=O)NC23CC4CC(CC(C4)C2)C3)c1. The van der Waals surface area contributed by atoms with Crippen LogP contribution in [-0.2, 0) is 4.79 Å². The Hall–Kier alpha value is -1.93. The summed E-state index contributed by atoms with van der Waals surface area (Å²) in [6.45, 7) is 0. The van der Waals surface area contributed by atoms with Gasteiger partial charge in [-0.1, -0.05) is 6.07 Å². The van der Waals surface area contributed by atoms with Crippen LogP contribution in [0, 0.1) is 17.8 Å². The van der Waals surface area contributed by atoms with Gasteiger partial charge in [0.25, 0.3) is 5.91 Å². The van der Waals surface area contributed by atoms with Crippen molar-refractivity contribution in [2.75, 3.05) is 0 Å². The lowest BCUT2D eigenvalue weighted by Crippen LogP contribution is -2.59. The number of carbonyl (C=O) groups excluding carboxylic acids is 2. The molecule has 114 valence electrons. The van der Waals surface area contributed by atoms with Gasteiger partial charge in [0.1, 0.15) is 0 Å². The number of amides is 1. The Morgan fingerprint density at radius 1 is 1.14 bits per heavy atom. The van der Waals surface area contributed by atoms with Gasteiger partial charge in [-0.2, -0.15) is 4.99 Å². The highest BCUT2D eigenvalue weighted by Gasteiger charge is 2.51. The second kappa shape index (κ2) is 5.06. The van der Waals surface area contributed by atoms with Crippen LogP contribution in [0.15, 0.2) is 29.3 Å². The van der Waals surface area contributed by atoms with Crippen LogP contribution in [-0.4, -0.2) is 17.5 Å². The van der Waals surface area contributed by atoms with E-state index in [9.17, 15) is 9.59 Å². The van der Waals surface area contributed by atoms with E-state index in [1.165, 1.54) is 25.3 Å². The molecule has 0 saturated heterocycles. The lowest BCUT2D eigenvalue weighted by molar-refractivity contribution is -0.0167. The van der Waals surface area contributed by atoms with Crippen molar-refractivity contribution in [1.82, 2.24) is 5.32 Å². The predicted molar refractivity (Wildman–Crippen MR) is 82.6 cm³/mol. The van der Waals surface area contributed by atoms with Crippen LogP contribution in [0.25, 0.3) is 0 Å². The number of nitrogens with zero attached hydrogens (tertiary/aromatic N) is 1. The molecule has 0 atom stereocenters. The minimum atomic E-state index is -0.0371. The summed E-state index contributed by atoms with van der Waals surface area (Å²) < 4.78 is 0. The Morgan fingerprint density at radius 2 is 1.77 bits per heavy atom. The van der Waals surface area contributed by atoms with E-state index in [-0.39, 0.29) is 11.4 Å². The molecule has 0 spiro atoms. The summed E-state index contributed by atoms with van der Waals surface area (Å²) in [5.74, 6) is 2.37. The highest BCUT2D eigenvalue weighted by molar-refractivity contribution is 5.95. The maximum atomic E-state index is 12.6. The summed E-state index contributed by atoms with van der Waals surface area (Å²) in [7, 11) is 0. The number of isocyanates is 1. The van der Waals surface area contributed by atoms with Crippen molar-refractivity contribution in [2.24, 2.45) is 22.7 Å². The van der Waals surface area contributed by atoms with Crippen molar-refractivity contribution in [3.05, 3.63) is 29.8 Å². The zero-order valence-electron chi connectivity index (χ0n) is 12.5. The van der Waals surface area contributed by atoms with Gasteiger partial charge >= 0.3 is 0 Å². The monoisotopic (exact) mass is 296 g/mol. The smallest absolute Gasteiger partial charge is 0.251 e. The number of nitrogens with one attached hydrogen (secondary N) is 1. The third-order valence-electron chi connectivity index (χ3n) is 5.70. The second-order valence-electron chi connectivity index (χ2n) is 7.41. The van der Waals surface area contributed by atoms with E-state index >= 15 is 0 Å². The third kappa shape index (κ3) is 2.38. The molecular weight excluding hydrogens is 276 g/mol. The fourth-order valence-corrected chi connectivity index (χ4v) is 5.35. The van der Waals surface area contributed by atoms with Crippen molar-refractivity contribution >= 4 is 17.7 Å². The molecular formula is C18H20N2O2. The predicted octanol–water partition coefficient (Wildman–Crippen LogP) is 3.35. The summed E-state index contributed by atoms with van der Waals surface area (Å²) in [5.41, 5.74) is 1.07. The fraction of sp³-hybridized carbons (Fsp3) is 0.556. The molecule has 1 aromatic carbocycles. The maximum absolute atomic E-state index is 12.6. The van der Waals surface area contributed by atoms with Crippen LogP contribution in [0.2, 0.25) is 0 Å². The first-order valence-electron chi connectivity index (χ1n) is 8.16. The molecule has 4 nitrogen and oxygen atoms in total. The van der Waals surface area contributed by atoms with Gasteiger partial charge in [-0.3, -0.25) is 4.79 Å². The maximum Gasteiger partial charge on any atom is 0.251 e. The van der Waals surface area contributed by atoms with E-state index in [0.29, 0.717) is 11.3 Å². The Morgan fingerprint density at radius 3 is 2.36 bits per heavy atom. The largest absolute Gasteiger partial charge is 0.347 e. The number of benzene rings is 1. The molecule has 22 heavy (non-hydrogen) atoms. The quantitative estimate of drug-likeness (QED) is 0.687. The standard InChI is InChI=1S/C18H20N2O2/c21-11-19-16-3-1-2-15(7-16)17(22)20-18-8-12-4-13(9-18)6-14(5-12)10-18/h1-3,7,12-14H,4-6,8-10H2,(H,20,22). The van der Waals surface area contributed by atoms with Crippen molar-refractivity contribution in [1.29, 1.82) is 0 Å². The van der Waals surface area contributed by atoms with Crippen LogP contribution < -0.4 is 5.32 Å². The van der Waals surface area contributed by atoms with Gasteiger partial charge in [0.15, 0.2) is 0 Å². The van der Waals surface area contributed by atoms with E-state index in [0.717, 1.165) is 37.0 Å². The van der Waals surface area contributed by atoms with E-state index < -0.39 is 0 Å². The molecule has 0 aliphatic heterocycles. The molecule has 4 aliphatic carbocycles. The molecule has 1 aromatic rings. The number of rotatable bonds is 3. The Kier molecular flexibility index (Phi) is 3.16. The zero-order valence-corrected chi connectivity index (χ0v) is 12.5. The third-order valence-corrected chi connectivity index (χ3v) is 5.70. The summed E-state index contributed by atoms with van der Waals surface area (Å²) in [6.07, 6.45) is 9.01. The van der Waals surface area contributed by atoms with Crippen molar-refractivity contribution in [3.8, 4) is 0 Å². The van der Waals surface area contributed by atoms with E-state index in [1.54, 1.807) is 24.3 Å². The topological polar surface area (TPSA) is 58.5 Å². The van der Waals surface area contributed by atoms with Crippen LogP contribution in [0.5, 0.6) is 0 Å². The first-order chi connectivity index (χ1) is 10.7. The van der Waals surface area contributed by atoms with Crippen LogP contribution in [0.1, 0.15) is 48.9 Å². The van der Waals surface area contributed by atoms with Gasteiger partial charge in [-0.25, -0.2) is 4.79 Å². The molecule has 0 heterocycles. The Labute approximate surface area is 130 Å². The summed E-state index contributed by atoms with van der Waals surface area (Å²) in [5, 5.41) is 3.33. The van der Waals surface area contributed by atoms with Gasteiger partial charge in [0.2, 0.25) is 6.08 Å². The lowest BCUT2D eigenvalue weighted by Gasteiger charge is -2.56. The lowest BCUT2D eigenvalue weighted by atomic mass is 9.53. The molecule has 0 aromatic heterocycles. The van der Waals surface area contributed by atoms with E-state index in [2.05, 4.69) is 10.3 Å². The van der Waals surface area contributed by atoms with E-state index in [1.807, 2.05) is 0 Å². The molecule has 5 rings (SSSR count). The highest BCUT2D eigenvalue weighted by Crippen LogP contribution is 2.55. The van der Waals surface area contributed by atoms with Gasteiger partial charge in [-0.05, 0) is 74.5 Å². The zero-order chi connectivity index (χ0) is 15.2. The fourth-order valence-electron chi connectivity index (χ4n) is 5.35. The molecule has 0 radical (unpaired) electrons. The minimum Gasteiger partial charge on any atom is -0.347 e. The number of carbonyl (C=O) groups is 1. The van der Waals surface area contributed by atoms with Gasteiger partial charge < -0.3 is 5.32 Å². The molecule has 1 amide bonds. The first kappa shape index (κ1) is 13.7. The Balaban J connectivity index is 1.54. The van der Waals surface area contributed by atoms with Crippen molar-refractivity contribution < 1.29 is 9.59 Å². The number of aliphatic imine (C=N–C) groups is 1.